The topological polar surface area (TPSA) is 29.1 Å². The number of amides is 1. The average molecular weight is 293 g/mol. The Morgan fingerprint density at radius 2 is 2.00 bits per heavy atom. The van der Waals surface area contributed by atoms with Crippen molar-refractivity contribution in [2.45, 2.75) is 45.6 Å². The SMILES string of the molecule is Cc1ccc(CC(=O)N[C@H]2CCCc3ccccc32)c(C)c1. The van der Waals surface area contributed by atoms with Crippen molar-refractivity contribution in [2.24, 2.45) is 0 Å². The van der Waals surface area contributed by atoms with Crippen molar-refractivity contribution in [3.63, 3.8) is 0 Å². The lowest BCUT2D eigenvalue weighted by Crippen LogP contribution is -2.32. The predicted octanol–water partition coefficient (Wildman–Crippen LogP) is 4.04. The fraction of sp³-hybridized carbons (Fsp3) is 0.350. The molecule has 2 aromatic rings. The standard InChI is InChI=1S/C20H23NO/c1-14-10-11-17(15(2)12-14)13-20(22)21-19-9-5-7-16-6-3-4-8-18(16)19/h3-4,6,8,10-12,19H,5,7,9,13H2,1-2H3,(H,21,22)/t19-/m0/s1. The molecule has 0 fully saturated rings. The highest BCUT2D eigenvalue weighted by molar-refractivity contribution is 5.79. The maximum atomic E-state index is 12.4. The van der Waals surface area contributed by atoms with Gasteiger partial charge in [-0.1, -0.05) is 48.0 Å². The molecule has 0 aromatic heterocycles. The molecule has 3 rings (SSSR count). The Morgan fingerprint density at radius 1 is 1.18 bits per heavy atom. The van der Waals surface area contributed by atoms with E-state index in [1.165, 1.54) is 22.3 Å². The molecule has 0 bridgehead atoms. The van der Waals surface area contributed by atoms with Crippen LogP contribution >= 0.6 is 0 Å². The predicted molar refractivity (Wildman–Crippen MR) is 89.9 cm³/mol. The van der Waals surface area contributed by atoms with E-state index in [-0.39, 0.29) is 11.9 Å². The molecule has 114 valence electrons. The van der Waals surface area contributed by atoms with E-state index in [1.54, 1.807) is 0 Å². The fourth-order valence-corrected chi connectivity index (χ4v) is 3.37. The maximum absolute atomic E-state index is 12.4. The zero-order chi connectivity index (χ0) is 15.5. The molecule has 2 heteroatoms. The van der Waals surface area contributed by atoms with Gasteiger partial charge in [-0.2, -0.15) is 0 Å². The van der Waals surface area contributed by atoms with Crippen molar-refractivity contribution in [3.05, 3.63) is 70.3 Å². The second-order valence-electron chi connectivity index (χ2n) is 6.32. The normalized spacial score (nSPS) is 16.9. The molecule has 0 aliphatic heterocycles. The lowest BCUT2D eigenvalue weighted by molar-refractivity contribution is -0.121. The molecule has 0 heterocycles. The highest BCUT2D eigenvalue weighted by Crippen LogP contribution is 2.29. The van der Waals surface area contributed by atoms with Crippen LogP contribution in [0.5, 0.6) is 0 Å². The van der Waals surface area contributed by atoms with Gasteiger partial charge in [-0.3, -0.25) is 4.79 Å². The van der Waals surface area contributed by atoms with Crippen LogP contribution in [0.15, 0.2) is 42.5 Å². The largest absolute Gasteiger partial charge is 0.349 e. The van der Waals surface area contributed by atoms with E-state index < -0.39 is 0 Å². The van der Waals surface area contributed by atoms with Crippen LogP contribution in [0.1, 0.15) is 46.7 Å². The third-order valence-corrected chi connectivity index (χ3v) is 4.55. The summed E-state index contributed by atoms with van der Waals surface area (Å²) in [5.74, 6) is 0.119. The highest BCUT2D eigenvalue weighted by Gasteiger charge is 2.21. The Hall–Kier alpha value is -2.09. The average Bonchev–Trinajstić information content (AvgIpc) is 2.50. The summed E-state index contributed by atoms with van der Waals surface area (Å²) < 4.78 is 0. The molecule has 0 radical (unpaired) electrons. The van der Waals surface area contributed by atoms with Gasteiger partial charge < -0.3 is 5.32 Å². The van der Waals surface area contributed by atoms with Crippen molar-refractivity contribution in [1.29, 1.82) is 0 Å². The molecule has 2 aromatic carbocycles. The van der Waals surface area contributed by atoms with Gasteiger partial charge in [-0.05, 0) is 55.4 Å². The molecule has 0 saturated carbocycles. The van der Waals surface area contributed by atoms with Gasteiger partial charge in [-0.25, -0.2) is 0 Å². The van der Waals surface area contributed by atoms with Crippen molar-refractivity contribution in [1.82, 2.24) is 5.32 Å². The minimum Gasteiger partial charge on any atom is -0.349 e. The van der Waals surface area contributed by atoms with E-state index in [0.717, 1.165) is 24.8 Å². The van der Waals surface area contributed by atoms with Crippen LogP contribution in [0.25, 0.3) is 0 Å². The molecule has 0 saturated heterocycles. The number of fused-ring (bicyclic) bond motifs is 1. The molecular formula is C20H23NO. The number of hydrogen-bond acceptors (Lipinski definition) is 1. The van der Waals surface area contributed by atoms with Crippen LogP contribution in [0, 0.1) is 13.8 Å². The van der Waals surface area contributed by atoms with Gasteiger partial charge in [-0.15, -0.1) is 0 Å². The first kappa shape index (κ1) is 14.8. The Morgan fingerprint density at radius 3 is 2.82 bits per heavy atom. The van der Waals surface area contributed by atoms with Crippen LogP contribution in [0.2, 0.25) is 0 Å². The minimum absolute atomic E-state index is 0.119. The Bertz CT molecular complexity index is 690. The summed E-state index contributed by atoms with van der Waals surface area (Å²) in [5.41, 5.74) is 6.22. The van der Waals surface area contributed by atoms with E-state index in [4.69, 9.17) is 0 Å². The number of benzene rings is 2. The van der Waals surface area contributed by atoms with E-state index in [2.05, 4.69) is 61.6 Å². The maximum Gasteiger partial charge on any atom is 0.224 e. The Balaban J connectivity index is 1.70. The summed E-state index contributed by atoms with van der Waals surface area (Å²) in [4.78, 5) is 12.4. The second kappa shape index (κ2) is 6.35. The van der Waals surface area contributed by atoms with Crippen molar-refractivity contribution >= 4 is 5.91 Å². The molecule has 1 aliphatic rings. The molecule has 1 atom stereocenters. The minimum atomic E-state index is 0.119. The zero-order valence-electron chi connectivity index (χ0n) is 13.4. The monoisotopic (exact) mass is 293 g/mol. The van der Waals surface area contributed by atoms with Crippen LogP contribution in [-0.2, 0) is 17.6 Å². The second-order valence-corrected chi connectivity index (χ2v) is 6.32. The first-order valence-electron chi connectivity index (χ1n) is 8.07. The number of carbonyl (C=O) groups is 1. The fourth-order valence-electron chi connectivity index (χ4n) is 3.37. The van der Waals surface area contributed by atoms with Gasteiger partial charge in [0.05, 0.1) is 12.5 Å². The van der Waals surface area contributed by atoms with Gasteiger partial charge in [0.25, 0.3) is 0 Å². The summed E-state index contributed by atoms with van der Waals surface area (Å²) in [5, 5.41) is 3.23. The summed E-state index contributed by atoms with van der Waals surface area (Å²) in [6.45, 7) is 4.15. The van der Waals surface area contributed by atoms with Crippen LogP contribution in [-0.4, -0.2) is 5.91 Å². The molecule has 1 amide bonds. The number of nitrogens with one attached hydrogen (secondary N) is 1. The van der Waals surface area contributed by atoms with Crippen molar-refractivity contribution in [3.8, 4) is 0 Å². The molecular weight excluding hydrogens is 270 g/mol. The number of carbonyl (C=O) groups excluding carboxylic acids is 1. The third-order valence-electron chi connectivity index (χ3n) is 4.55. The van der Waals surface area contributed by atoms with E-state index >= 15 is 0 Å². The molecule has 1 aliphatic carbocycles. The van der Waals surface area contributed by atoms with Gasteiger partial charge in [0.15, 0.2) is 0 Å². The van der Waals surface area contributed by atoms with Crippen molar-refractivity contribution in [2.75, 3.05) is 0 Å². The van der Waals surface area contributed by atoms with Crippen LogP contribution < -0.4 is 5.32 Å². The first-order chi connectivity index (χ1) is 10.6. The number of rotatable bonds is 3. The smallest absolute Gasteiger partial charge is 0.224 e. The summed E-state index contributed by atoms with van der Waals surface area (Å²) in [7, 11) is 0. The third kappa shape index (κ3) is 3.22. The number of hydrogen-bond donors (Lipinski definition) is 1. The molecule has 2 nitrogen and oxygen atoms in total. The quantitative estimate of drug-likeness (QED) is 0.909. The Labute approximate surface area is 132 Å². The van der Waals surface area contributed by atoms with E-state index in [0.29, 0.717) is 6.42 Å². The molecule has 0 spiro atoms. The van der Waals surface area contributed by atoms with Crippen LogP contribution in [0.3, 0.4) is 0 Å². The van der Waals surface area contributed by atoms with Crippen LogP contribution in [0.4, 0.5) is 0 Å². The summed E-state index contributed by atoms with van der Waals surface area (Å²) in [6, 6.07) is 14.9. The van der Waals surface area contributed by atoms with E-state index in [1.807, 2.05) is 0 Å². The summed E-state index contributed by atoms with van der Waals surface area (Å²) in [6.07, 6.45) is 3.77. The molecule has 22 heavy (non-hydrogen) atoms. The van der Waals surface area contributed by atoms with Gasteiger partial charge in [0.2, 0.25) is 5.91 Å². The van der Waals surface area contributed by atoms with E-state index in [9.17, 15) is 4.79 Å². The van der Waals surface area contributed by atoms with Gasteiger partial charge in [0, 0.05) is 0 Å². The molecule has 1 N–H and O–H groups in total. The van der Waals surface area contributed by atoms with Crippen molar-refractivity contribution < 1.29 is 4.79 Å². The lowest BCUT2D eigenvalue weighted by atomic mass is 9.87. The lowest BCUT2D eigenvalue weighted by Gasteiger charge is -2.26. The highest BCUT2D eigenvalue weighted by atomic mass is 16.1. The Kier molecular flexibility index (Phi) is 4.28. The number of aryl methyl sites for hydroxylation is 3. The van der Waals surface area contributed by atoms with Gasteiger partial charge in [0.1, 0.15) is 0 Å². The first-order valence-corrected chi connectivity index (χ1v) is 8.07. The zero-order valence-corrected chi connectivity index (χ0v) is 13.4. The summed E-state index contributed by atoms with van der Waals surface area (Å²) >= 11 is 0. The molecule has 0 unspecified atom stereocenters. The van der Waals surface area contributed by atoms with Gasteiger partial charge >= 0.3 is 0 Å².